The maximum Gasteiger partial charge on any atom is 0.337 e. The molecule has 230 valence electrons. The first-order valence-electron chi connectivity index (χ1n) is 14.8. The minimum atomic E-state index is -1.35. The minimum absolute atomic E-state index is 0.244. The van der Waals surface area contributed by atoms with E-state index < -0.39 is 23.5 Å². The van der Waals surface area contributed by atoms with E-state index in [1.165, 1.54) is 18.2 Å². The highest BCUT2D eigenvalue weighted by molar-refractivity contribution is 5.91. The van der Waals surface area contributed by atoms with Crippen LogP contribution in [0.5, 0.6) is 11.5 Å². The van der Waals surface area contributed by atoms with Gasteiger partial charge in [-0.25, -0.2) is 13.6 Å². The second-order valence-corrected chi connectivity index (χ2v) is 12.0. The largest absolute Gasteiger partial charge is 0.493 e. The number of fused-ring (bicyclic) bond motifs is 1. The quantitative estimate of drug-likeness (QED) is 0.208. The second kappa shape index (κ2) is 12.7. The summed E-state index contributed by atoms with van der Waals surface area (Å²) in [6.07, 6.45) is 0.686. The molecule has 0 spiro atoms. The van der Waals surface area contributed by atoms with Gasteiger partial charge in [-0.2, -0.15) is 0 Å². The number of nitrogens with zero attached hydrogens (tertiary/aromatic N) is 1. The van der Waals surface area contributed by atoms with Crippen LogP contribution in [0.2, 0.25) is 0 Å². The Balaban J connectivity index is 1.60. The van der Waals surface area contributed by atoms with Crippen LogP contribution in [-0.4, -0.2) is 34.9 Å². The van der Waals surface area contributed by atoms with Crippen molar-refractivity contribution in [3.05, 3.63) is 100 Å². The summed E-state index contributed by atoms with van der Waals surface area (Å²) in [6, 6.07) is 17.1. The zero-order valence-corrected chi connectivity index (χ0v) is 25.7. The van der Waals surface area contributed by atoms with Crippen LogP contribution >= 0.6 is 0 Å². The van der Waals surface area contributed by atoms with Gasteiger partial charge in [0.05, 0.1) is 18.8 Å². The van der Waals surface area contributed by atoms with Crippen LogP contribution in [-0.2, 0) is 22.4 Å². The molecule has 1 unspecified atom stereocenters. The van der Waals surface area contributed by atoms with Gasteiger partial charge in [0, 0.05) is 28.9 Å². The number of pyridine rings is 1. The van der Waals surface area contributed by atoms with Crippen LogP contribution in [0.15, 0.2) is 60.7 Å². The number of benzene rings is 3. The van der Waals surface area contributed by atoms with E-state index in [-0.39, 0.29) is 11.6 Å². The predicted molar refractivity (Wildman–Crippen MR) is 165 cm³/mol. The standard InChI is InChI=1S/C36H37F2NO5/c1-21-30(24-10-14-28(15-11-24)42-18-16-23-8-12-27(37)13-9-23)32(26-19-25-7-6-17-43-33(25)29(38)20-26)31(22(2)39-21)34(35(40)41)44-36(3,4)5/h8-15,19-20,34H,6-7,16-18H2,1-5H3,(H,40,41). The van der Waals surface area contributed by atoms with Crippen molar-refractivity contribution in [1.82, 2.24) is 4.98 Å². The molecule has 4 aromatic rings. The van der Waals surface area contributed by atoms with Crippen LogP contribution in [0.3, 0.4) is 0 Å². The molecule has 1 aliphatic heterocycles. The lowest BCUT2D eigenvalue weighted by Crippen LogP contribution is -2.28. The van der Waals surface area contributed by atoms with Gasteiger partial charge in [-0.15, -0.1) is 0 Å². The number of aryl methyl sites for hydroxylation is 3. The van der Waals surface area contributed by atoms with Crippen molar-refractivity contribution in [2.45, 2.75) is 65.6 Å². The number of ether oxygens (including phenoxy) is 3. The Morgan fingerprint density at radius 1 is 0.977 bits per heavy atom. The number of rotatable bonds is 9. The molecule has 0 radical (unpaired) electrons. The molecular formula is C36H37F2NO5. The van der Waals surface area contributed by atoms with Crippen molar-refractivity contribution in [2.75, 3.05) is 13.2 Å². The molecule has 0 fully saturated rings. The van der Waals surface area contributed by atoms with Crippen LogP contribution in [0.4, 0.5) is 8.78 Å². The van der Waals surface area contributed by atoms with Crippen molar-refractivity contribution < 1.29 is 32.9 Å². The lowest BCUT2D eigenvalue weighted by molar-refractivity contribution is -0.160. The van der Waals surface area contributed by atoms with Gasteiger partial charge < -0.3 is 19.3 Å². The van der Waals surface area contributed by atoms with Gasteiger partial charge in [-0.3, -0.25) is 4.98 Å². The number of aliphatic carboxylic acids is 1. The van der Waals surface area contributed by atoms with Crippen LogP contribution < -0.4 is 9.47 Å². The van der Waals surface area contributed by atoms with Gasteiger partial charge >= 0.3 is 5.97 Å². The van der Waals surface area contributed by atoms with E-state index in [9.17, 15) is 14.3 Å². The summed E-state index contributed by atoms with van der Waals surface area (Å²) in [5.41, 5.74) is 5.02. The van der Waals surface area contributed by atoms with Crippen LogP contribution in [0, 0.1) is 25.5 Å². The average molecular weight is 602 g/mol. The molecule has 6 nitrogen and oxygen atoms in total. The van der Waals surface area contributed by atoms with Gasteiger partial charge in [0.1, 0.15) is 11.6 Å². The van der Waals surface area contributed by atoms with Crippen LogP contribution in [0.1, 0.15) is 61.4 Å². The normalized spacial score (nSPS) is 13.6. The highest BCUT2D eigenvalue weighted by Crippen LogP contribution is 2.45. The second-order valence-electron chi connectivity index (χ2n) is 12.0. The Kier molecular flexibility index (Phi) is 9.02. The number of hydrogen-bond acceptors (Lipinski definition) is 5. The van der Waals surface area contributed by atoms with E-state index in [4.69, 9.17) is 19.2 Å². The molecule has 2 heterocycles. The van der Waals surface area contributed by atoms with E-state index in [1.54, 1.807) is 39.8 Å². The first-order valence-corrected chi connectivity index (χ1v) is 14.8. The van der Waals surface area contributed by atoms with Gasteiger partial charge in [-0.05, 0) is 112 Å². The molecule has 44 heavy (non-hydrogen) atoms. The summed E-state index contributed by atoms with van der Waals surface area (Å²) in [7, 11) is 0. The van der Waals surface area contributed by atoms with Gasteiger partial charge in [-0.1, -0.05) is 24.3 Å². The third-order valence-electron chi connectivity index (χ3n) is 7.53. The number of halogens is 2. The molecular weight excluding hydrogens is 564 g/mol. The summed E-state index contributed by atoms with van der Waals surface area (Å²) >= 11 is 0. The molecule has 0 amide bonds. The fourth-order valence-corrected chi connectivity index (χ4v) is 5.66. The Labute approximate surface area is 256 Å². The monoisotopic (exact) mass is 601 g/mol. The number of aromatic nitrogens is 1. The molecule has 0 saturated heterocycles. The highest BCUT2D eigenvalue weighted by atomic mass is 19.1. The van der Waals surface area contributed by atoms with Crippen LogP contribution in [0.25, 0.3) is 22.3 Å². The number of carbonyl (C=O) groups is 1. The zero-order chi connectivity index (χ0) is 31.6. The SMILES string of the molecule is Cc1nc(C)c(C(OC(C)(C)C)C(=O)O)c(-c2cc(F)c3c(c2)CCCO3)c1-c1ccc(OCCc2ccc(F)cc2)cc1. The average Bonchev–Trinajstić information content (AvgIpc) is 2.97. The Morgan fingerprint density at radius 2 is 1.68 bits per heavy atom. The Bertz CT molecular complexity index is 1660. The van der Waals surface area contributed by atoms with Crippen molar-refractivity contribution in [3.63, 3.8) is 0 Å². The van der Waals surface area contributed by atoms with Gasteiger partial charge in [0.25, 0.3) is 0 Å². The van der Waals surface area contributed by atoms with Crippen molar-refractivity contribution in [3.8, 4) is 33.8 Å². The number of hydrogen-bond donors (Lipinski definition) is 1. The van der Waals surface area contributed by atoms with E-state index >= 15 is 4.39 Å². The fraction of sp³-hybridized carbons (Fsp3) is 0.333. The molecule has 1 aromatic heterocycles. The number of carboxylic acids is 1. The third kappa shape index (κ3) is 6.91. The third-order valence-corrected chi connectivity index (χ3v) is 7.53. The summed E-state index contributed by atoms with van der Waals surface area (Å²) in [5.74, 6) is -1.04. The minimum Gasteiger partial charge on any atom is -0.493 e. The summed E-state index contributed by atoms with van der Waals surface area (Å²) in [6.45, 7) is 9.87. The van der Waals surface area contributed by atoms with E-state index in [1.807, 2.05) is 37.3 Å². The Hall–Kier alpha value is -4.30. The molecule has 0 saturated carbocycles. The van der Waals surface area contributed by atoms with Crippen molar-refractivity contribution in [1.29, 1.82) is 0 Å². The molecule has 0 aliphatic carbocycles. The van der Waals surface area contributed by atoms with E-state index in [0.717, 1.165) is 23.1 Å². The van der Waals surface area contributed by atoms with E-state index in [0.29, 0.717) is 65.4 Å². The molecule has 3 aromatic carbocycles. The molecule has 1 aliphatic rings. The lowest BCUT2D eigenvalue weighted by atomic mass is 9.85. The number of carboxylic acid groups (broad SMARTS) is 1. The molecule has 5 rings (SSSR count). The highest BCUT2D eigenvalue weighted by Gasteiger charge is 2.34. The molecule has 0 bridgehead atoms. The maximum absolute atomic E-state index is 15.5. The van der Waals surface area contributed by atoms with Gasteiger partial charge in [0.2, 0.25) is 0 Å². The first-order chi connectivity index (χ1) is 20.9. The Morgan fingerprint density at radius 3 is 2.34 bits per heavy atom. The molecule has 8 heteroatoms. The first kappa shape index (κ1) is 31.1. The van der Waals surface area contributed by atoms with Crippen molar-refractivity contribution in [2.24, 2.45) is 0 Å². The summed E-state index contributed by atoms with van der Waals surface area (Å²) in [4.78, 5) is 17.5. The van der Waals surface area contributed by atoms with Crippen molar-refractivity contribution >= 4 is 5.97 Å². The topological polar surface area (TPSA) is 77.9 Å². The fourth-order valence-electron chi connectivity index (χ4n) is 5.66. The molecule has 1 N–H and O–H groups in total. The predicted octanol–water partition coefficient (Wildman–Crippen LogP) is 8.20. The zero-order valence-electron chi connectivity index (χ0n) is 25.7. The molecule has 1 atom stereocenters. The van der Waals surface area contributed by atoms with Gasteiger partial charge in [0.15, 0.2) is 17.7 Å². The van der Waals surface area contributed by atoms with E-state index in [2.05, 4.69) is 0 Å². The summed E-state index contributed by atoms with van der Waals surface area (Å²) < 4.78 is 46.4. The lowest BCUT2D eigenvalue weighted by Gasteiger charge is -2.29. The smallest absolute Gasteiger partial charge is 0.337 e. The summed E-state index contributed by atoms with van der Waals surface area (Å²) in [5, 5.41) is 10.4. The maximum atomic E-state index is 15.5.